The molecule has 8 heteroatoms. The van der Waals surface area contributed by atoms with Gasteiger partial charge in [-0.2, -0.15) is 0 Å². The lowest BCUT2D eigenvalue weighted by molar-refractivity contribution is 0.235. The summed E-state index contributed by atoms with van der Waals surface area (Å²) in [4.78, 5) is 4.28. The number of nitrogens with one attached hydrogen (secondary N) is 2. The molecule has 0 bridgehead atoms. The Hall–Kier alpha value is -1.87. The van der Waals surface area contributed by atoms with Crippen molar-refractivity contribution in [2.24, 2.45) is 4.99 Å². The molecule has 1 atom stereocenters. The number of rotatable bonds is 7. The van der Waals surface area contributed by atoms with Gasteiger partial charge in [-0.25, -0.2) is 0 Å². The summed E-state index contributed by atoms with van der Waals surface area (Å²) in [6.45, 7) is 3.65. The van der Waals surface area contributed by atoms with E-state index in [1.807, 2.05) is 37.3 Å². The van der Waals surface area contributed by atoms with Gasteiger partial charge in [0.15, 0.2) is 17.5 Å². The number of halogens is 2. The smallest absolute Gasteiger partial charge is 0.191 e. The fraction of sp³-hybridized carbons (Fsp3) is 0.381. The molecule has 0 spiro atoms. The minimum atomic E-state index is 0. The summed E-state index contributed by atoms with van der Waals surface area (Å²) in [5.74, 6) is 2.85. The van der Waals surface area contributed by atoms with Crippen LogP contribution < -0.4 is 24.8 Å². The molecule has 1 aliphatic heterocycles. The highest BCUT2D eigenvalue weighted by Gasteiger charge is 2.22. The number of hydrogen-bond acceptors (Lipinski definition) is 4. The lowest BCUT2D eigenvalue weighted by atomic mass is 10.1. The van der Waals surface area contributed by atoms with Gasteiger partial charge in [-0.3, -0.25) is 4.99 Å². The number of hydrogen-bond donors (Lipinski definition) is 2. The monoisotopic (exact) mass is 531 g/mol. The van der Waals surface area contributed by atoms with Crippen LogP contribution >= 0.6 is 35.6 Å². The van der Waals surface area contributed by atoms with Crippen LogP contribution in [0.2, 0.25) is 5.02 Å². The summed E-state index contributed by atoms with van der Waals surface area (Å²) < 4.78 is 16.9. The standard InChI is InChI=1S/C21H26ClN3O3.HI/c1-4-27-20-17(22)9-14(10-19(20)26-3)12-24-21(23-2)25-13-16-11-15-7-5-6-8-18(15)28-16;/h5-10,16H,4,11-13H2,1-3H3,(H2,23,24,25);1H. The quantitative estimate of drug-likeness (QED) is 0.321. The van der Waals surface area contributed by atoms with Crippen LogP contribution in [-0.4, -0.2) is 39.4 Å². The molecular formula is C21H27ClIN3O3. The molecule has 0 fully saturated rings. The van der Waals surface area contributed by atoms with Crippen molar-refractivity contribution in [2.75, 3.05) is 27.3 Å². The minimum Gasteiger partial charge on any atom is -0.493 e. The highest BCUT2D eigenvalue weighted by Crippen LogP contribution is 2.36. The molecule has 158 valence electrons. The number of ether oxygens (including phenoxy) is 3. The maximum atomic E-state index is 6.34. The Kier molecular flexibility index (Phi) is 9.16. The van der Waals surface area contributed by atoms with Crippen LogP contribution in [-0.2, 0) is 13.0 Å². The van der Waals surface area contributed by atoms with Gasteiger partial charge in [0.05, 0.1) is 25.3 Å². The minimum absolute atomic E-state index is 0. The fourth-order valence-electron chi connectivity index (χ4n) is 3.14. The van der Waals surface area contributed by atoms with Crippen LogP contribution in [0.3, 0.4) is 0 Å². The summed E-state index contributed by atoms with van der Waals surface area (Å²) in [6.07, 6.45) is 0.988. The second kappa shape index (κ2) is 11.3. The molecule has 2 aromatic rings. The first-order chi connectivity index (χ1) is 13.6. The Morgan fingerprint density at radius 2 is 2.07 bits per heavy atom. The molecule has 1 heterocycles. The molecular weight excluding hydrogens is 505 g/mol. The molecule has 0 saturated carbocycles. The molecule has 0 saturated heterocycles. The highest BCUT2D eigenvalue weighted by atomic mass is 127. The largest absolute Gasteiger partial charge is 0.493 e. The number of fused-ring (bicyclic) bond motifs is 1. The van der Waals surface area contributed by atoms with Crippen molar-refractivity contribution in [3.63, 3.8) is 0 Å². The van der Waals surface area contributed by atoms with Gasteiger partial charge in [-0.05, 0) is 36.2 Å². The molecule has 0 aromatic heterocycles. The average Bonchev–Trinajstić information content (AvgIpc) is 3.12. The zero-order valence-corrected chi connectivity index (χ0v) is 19.9. The molecule has 1 aliphatic rings. The van der Waals surface area contributed by atoms with Gasteiger partial charge >= 0.3 is 0 Å². The number of benzene rings is 2. The molecule has 3 rings (SSSR count). The third-order valence-electron chi connectivity index (χ3n) is 4.47. The van der Waals surface area contributed by atoms with Gasteiger partial charge < -0.3 is 24.8 Å². The van der Waals surface area contributed by atoms with Gasteiger partial charge in [-0.1, -0.05) is 29.8 Å². The van der Waals surface area contributed by atoms with Gasteiger partial charge in [0, 0.05) is 20.0 Å². The predicted molar refractivity (Wildman–Crippen MR) is 127 cm³/mol. The van der Waals surface area contributed by atoms with E-state index >= 15 is 0 Å². The molecule has 29 heavy (non-hydrogen) atoms. The number of aliphatic imine (C=N–C) groups is 1. The van der Waals surface area contributed by atoms with Gasteiger partial charge in [0.2, 0.25) is 0 Å². The van der Waals surface area contributed by atoms with Crippen LogP contribution in [0.25, 0.3) is 0 Å². The van der Waals surface area contributed by atoms with E-state index in [0.717, 1.165) is 17.7 Å². The summed E-state index contributed by atoms with van der Waals surface area (Å²) in [7, 11) is 3.34. The SMILES string of the molecule is CCOc1c(Cl)cc(CNC(=NC)NCC2Cc3ccccc3O2)cc1OC.I. The fourth-order valence-corrected chi connectivity index (χ4v) is 3.43. The zero-order valence-electron chi connectivity index (χ0n) is 16.8. The van der Waals surface area contributed by atoms with E-state index in [-0.39, 0.29) is 30.1 Å². The van der Waals surface area contributed by atoms with E-state index in [0.29, 0.717) is 42.2 Å². The Morgan fingerprint density at radius 3 is 2.76 bits per heavy atom. The van der Waals surface area contributed by atoms with Crippen LogP contribution in [0.1, 0.15) is 18.1 Å². The Morgan fingerprint density at radius 1 is 1.28 bits per heavy atom. The first-order valence-corrected chi connectivity index (χ1v) is 9.70. The lowest BCUT2D eigenvalue weighted by Gasteiger charge is -2.17. The van der Waals surface area contributed by atoms with Crippen LogP contribution in [0.5, 0.6) is 17.2 Å². The Bertz CT molecular complexity index is 823. The molecule has 2 aromatic carbocycles. The van der Waals surface area contributed by atoms with Crippen molar-refractivity contribution in [3.05, 3.63) is 52.5 Å². The molecule has 0 radical (unpaired) electrons. The molecule has 6 nitrogen and oxygen atoms in total. The summed E-state index contributed by atoms with van der Waals surface area (Å²) in [6, 6.07) is 11.9. The third kappa shape index (κ3) is 6.05. The summed E-state index contributed by atoms with van der Waals surface area (Å²) in [5.41, 5.74) is 2.21. The van der Waals surface area contributed by atoms with Crippen molar-refractivity contribution in [1.82, 2.24) is 10.6 Å². The second-order valence-electron chi connectivity index (χ2n) is 6.40. The van der Waals surface area contributed by atoms with Crippen LogP contribution in [0.4, 0.5) is 0 Å². The van der Waals surface area contributed by atoms with Gasteiger partial charge in [0.25, 0.3) is 0 Å². The number of guanidine groups is 1. The maximum Gasteiger partial charge on any atom is 0.191 e. The van der Waals surface area contributed by atoms with Crippen LogP contribution in [0, 0.1) is 0 Å². The molecule has 2 N–H and O–H groups in total. The first kappa shape index (κ1) is 23.4. The van der Waals surface area contributed by atoms with Crippen molar-refractivity contribution < 1.29 is 14.2 Å². The number of para-hydroxylation sites is 1. The van der Waals surface area contributed by atoms with Gasteiger partial charge in [-0.15, -0.1) is 24.0 Å². The van der Waals surface area contributed by atoms with E-state index in [4.69, 9.17) is 25.8 Å². The van der Waals surface area contributed by atoms with E-state index in [2.05, 4.69) is 21.7 Å². The van der Waals surface area contributed by atoms with Crippen molar-refractivity contribution in [2.45, 2.75) is 26.0 Å². The van der Waals surface area contributed by atoms with Crippen molar-refractivity contribution in [3.8, 4) is 17.2 Å². The lowest BCUT2D eigenvalue weighted by Crippen LogP contribution is -2.41. The Labute approximate surface area is 194 Å². The first-order valence-electron chi connectivity index (χ1n) is 9.32. The molecule has 0 aliphatic carbocycles. The van der Waals surface area contributed by atoms with E-state index in [1.165, 1.54) is 5.56 Å². The average molecular weight is 532 g/mol. The zero-order chi connectivity index (χ0) is 19.9. The van der Waals surface area contributed by atoms with E-state index < -0.39 is 0 Å². The van der Waals surface area contributed by atoms with Gasteiger partial charge in [0.1, 0.15) is 11.9 Å². The summed E-state index contributed by atoms with van der Waals surface area (Å²) in [5, 5.41) is 7.13. The normalized spacial score (nSPS) is 15.0. The van der Waals surface area contributed by atoms with E-state index in [1.54, 1.807) is 14.2 Å². The van der Waals surface area contributed by atoms with Crippen molar-refractivity contribution >= 4 is 41.5 Å². The van der Waals surface area contributed by atoms with E-state index in [9.17, 15) is 0 Å². The Balaban J connectivity index is 0.00000300. The van der Waals surface area contributed by atoms with Crippen molar-refractivity contribution in [1.29, 1.82) is 0 Å². The topological polar surface area (TPSA) is 64.1 Å². The maximum absolute atomic E-state index is 6.34. The number of nitrogens with zero attached hydrogens (tertiary/aromatic N) is 1. The van der Waals surface area contributed by atoms with Crippen LogP contribution in [0.15, 0.2) is 41.4 Å². The summed E-state index contributed by atoms with van der Waals surface area (Å²) >= 11 is 6.34. The second-order valence-corrected chi connectivity index (χ2v) is 6.81. The highest BCUT2D eigenvalue weighted by molar-refractivity contribution is 14.0. The number of methoxy groups -OCH3 is 1. The molecule has 1 unspecified atom stereocenters. The predicted octanol–water partition coefficient (Wildman–Crippen LogP) is 4.03. The molecule has 0 amide bonds. The third-order valence-corrected chi connectivity index (χ3v) is 4.75.